The van der Waals surface area contributed by atoms with Crippen LogP contribution < -0.4 is 11.1 Å². The molecule has 0 bridgehead atoms. The van der Waals surface area contributed by atoms with Gasteiger partial charge < -0.3 is 20.9 Å². The van der Waals surface area contributed by atoms with E-state index >= 15 is 0 Å². The van der Waals surface area contributed by atoms with E-state index < -0.39 is 0 Å². The number of amides is 1. The molecule has 30 heavy (non-hydrogen) atoms. The third-order valence-electron chi connectivity index (χ3n) is 5.62. The average Bonchev–Trinajstić information content (AvgIpc) is 3.12. The number of ether oxygens (including phenoxy) is 1. The largest absolute Gasteiger partial charge is 0.506 e. The van der Waals surface area contributed by atoms with Crippen molar-refractivity contribution in [2.75, 3.05) is 11.9 Å². The minimum atomic E-state index is -0.105. The maximum absolute atomic E-state index is 11.7. The summed E-state index contributed by atoms with van der Waals surface area (Å²) in [6.07, 6.45) is 6.91. The Morgan fingerprint density at radius 1 is 1.07 bits per heavy atom. The molecule has 3 rings (SSSR count). The topological polar surface area (TPSA) is 84.6 Å². The standard InChI is InChI=1S/C24H32N2O3.ClH/c1-17(18-10-6-5-7-11-18)29-15-9-4-2-3-8-12-21(25)19-13-14-22(27)24-20(19)16-23(28)26-24;/h5-7,10-11,13-14,17,21,27H,2-4,8-9,12,15-16,25H2,1H3,(H,26,28);1H. The molecule has 1 amide bonds. The molecule has 0 aliphatic carbocycles. The SMILES string of the molecule is CC(OCCCCCCCC(N)c1ccc(O)c2c1CC(=O)N2)c1ccccc1.Cl. The number of phenolic OH excluding ortho intramolecular Hbond substituents is 1. The second kappa shape index (κ2) is 11.9. The van der Waals surface area contributed by atoms with Crippen LogP contribution >= 0.6 is 12.4 Å². The van der Waals surface area contributed by atoms with Crippen molar-refractivity contribution in [3.63, 3.8) is 0 Å². The maximum atomic E-state index is 11.7. The molecular formula is C24H33ClN2O3. The van der Waals surface area contributed by atoms with Gasteiger partial charge in [-0.15, -0.1) is 12.4 Å². The first-order chi connectivity index (χ1) is 14.1. The molecule has 2 aromatic rings. The molecule has 0 radical (unpaired) electrons. The Morgan fingerprint density at radius 2 is 1.77 bits per heavy atom. The van der Waals surface area contributed by atoms with E-state index in [2.05, 4.69) is 24.4 Å². The Labute approximate surface area is 185 Å². The maximum Gasteiger partial charge on any atom is 0.228 e. The summed E-state index contributed by atoms with van der Waals surface area (Å²) in [5, 5.41) is 12.6. The summed E-state index contributed by atoms with van der Waals surface area (Å²) in [5.74, 6) is 0.0318. The lowest BCUT2D eigenvalue weighted by atomic mass is 9.94. The number of hydrogen-bond donors (Lipinski definition) is 3. The highest BCUT2D eigenvalue weighted by molar-refractivity contribution is 6.01. The molecule has 4 N–H and O–H groups in total. The Hall–Kier alpha value is -2.08. The summed E-state index contributed by atoms with van der Waals surface area (Å²) in [6, 6.07) is 13.7. The van der Waals surface area contributed by atoms with Gasteiger partial charge in [0.1, 0.15) is 5.75 Å². The zero-order valence-corrected chi connectivity index (χ0v) is 18.4. The Morgan fingerprint density at radius 3 is 2.53 bits per heavy atom. The molecule has 0 fully saturated rings. The van der Waals surface area contributed by atoms with Crippen molar-refractivity contribution < 1.29 is 14.6 Å². The number of phenols is 1. The quantitative estimate of drug-likeness (QED) is 0.326. The van der Waals surface area contributed by atoms with Gasteiger partial charge in [-0.1, -0.05) is 62.1 Å². The van der Waals surface area contributed by atoms with Gasteiger partial charge in [-0.05, 0) is 42.5 Å². The number of halogens is 1. The van der Waals surface area contributed by atoms with Crippen LogP contribution in [0.3, 0.4) is 0 Å². The fourth-order valence-corrected chi connectivity index (χ4v) is 3.91. The second-order valence-electron chi connectivity index (χ2n) is 7.84. The first-order valence-electron chi connectivity index (χ1n) is 10.6. The van der Waals surface area contributed by atoms with E-state index in [1.807, 2.05) is 24.3 Å². The zero-order valence-electron chi connectivity index (χ0n) is 17.6. The number of nitrogens with one attached hydrogen (secondary N) is 1. The first-order valence-corrected chi connectivity index (χ1v) is 10.6. The van der Waals surface area contributed by atoms with Crippen LogP contribution in [-0.2, 0) is 16.0 Å². The van der Waals surface area contributed by atoms with Crippen molar-refractivity contribution in [2.45, 2.75) is 64.0 Å². The molecular weight excluding hydrogens is 400 g/mol. The summed E-state index contributed by atoms with van der Waals surface area (Å²) >= 11 is 0. The Bertz CT molecular complexity index is 814. The fraction of sp³-hybridized carbons (Fsp3) is 0.458. The van der Waals surface area contributed by atoms with E-state index in [9.17, 15) is 9.90 Å². The summed E-state index contributed by atoms with van der Waals surface area (Å²) in [6.45, 7) is 2.89. The van der Waals surface area contributed by atoms with Crippen molar-refractivity contribution in [3.8, 4) is 5.75 Å². The minimum Gasteiger partial charge on any atom is -0.506 e. The van der Waals surface area contributed by atoms with Gasteiger partial charge in [-0.2, -0.15) is 0 Å². The van der Waals surface area contributed by atoms with Crippen molar-refractivity contribution in [2.24, 2.45) is 5.73 Å². The monoisotopic (exact) mass is 432 g/mol. The number of aromatic hydroxyl groups is 1. The molecule has 0 aromatic heterocycles. The fourth-order valence-electron chi connectivity index (χ4n) is 3.91. The van der Waals surface area contributed by atoms with Crippen molar-refractivity contribution >= 4 is 24.0 Å². The number of rotatable bonds is 11. The number of anilines is 1. The van der Waals surface area contributed by atoms with Gasteiger partial charge >= 0.3 is 0 Å². The van der Waals surface area contributed by atoms with Crippen LogP contribution in [0.1, 0.15) is 74.3 Å². The predicted octanol–water partition coefficient (Wildman–Crippen LogP) is 5.43. The average molecular weight is 433 g/mol. The van der Waals surface area contributed by atoms with Crippen LogP contribution in [0.5, 0.6) is 5.75 Å². The summed E-state index contributed by atoms with van der Waals surface area (Å²) < 4.78 is 5.92. The van der Waals surface area contributed by atoms with Crippen LogP contribution in [0.2, 0.25) is 0 Å². The van der Waals surface area contributed by atoms with Crippen LogP contribution in [0.15, 0.2) is 42.5 Å². The summed E-state index contributed by atoms with van der Waals surface area (Å²) in [4.78, 5) is 11.7. The van der Waals surface area contributed by atoms with E-state index in [0.29, 0.717) is 12.1 Å². The number of hydrogen-bond acceptors (Lipinski definition) is 4. The van der Waals surface area contributed by atoms with Gasteiger partial charge in [0.15, 0.2) is 0 Å². The lowest BCUT2D eigenvalue weighted by Crippen LogP contribution is -2.12. The van der Waals surface area contributed by atoms with Gasteiger partial charge in [0.2, 0.25) is 5.91 Å². The number of fused-ring (bicyclic) bond motifs is 1. The van der Waals surface area contributed by atoms with Crippen molar-refractivity contribution in [3.05, 3.63) is 59.2 Å². The number of nitrogens with two attached hydrogens (primary N) is 1. The van der Waals surface area contributed by atoms with Crippen LogP contribution in [0, 0.1) is 0 Å². The Kier molecular flexibility index (Phi) is 9.63. The number of benzene rings is 2. The van der Waals surface area contributed by atoms with E-state index in [0.717, 1.165) is 49.8 Å². The highest BCUT2D eigenvalue weighted by atomic mass is 35.5. The lowest BCUT2D eigenvalue weighted by molar-refractivity contribution is -0.115. The highest BCUT2D eigenvalue weighted by Gasteiger charge is 2.25. The molecule has 1 aliphatic heterocycles. The first kappa shape index (κ1) is 24.2. The third-order valence-corrected chi connectivity index (χ3v) is 5.62. The van der Waals surface area contributed by atoms with E-state index in [1.54, 1.807) is 6.07 Å². The molecule has 6 heteroatoms. The number of carbonyl (C=O) groups excluding carboxylic acids is 1. The van der Waals surface area contributed by atoms with Gasteiger partial charge in [0, 0.05) is 12.6 Å². The minimum absolute atomic E-state index is 0. The summed E-state index contributed by atoms with van der Waals surface area (Å²) in [7, 11) is 0. The van der Waals surface area contributed by atoms with Crippen molar-refractivity contribution in [1.82, 2.24) is 0 Å². The highest BCUT2D eigenvalue weighted by Crippen LogP contribution is 2.37. The molecule has 2 unspecified atom stereocenters. The van der Waals surface area contributed by atoms with Crippen molar-refractivity contribution in [1.29, 1.82) is 0 Å². The molecule has 164 valence electrons. The van der Waals surface area contributed by atoms with E-state index in [4.69, 9.17) is 10.5 Å². The van der Waals surface area contributed by atoms with Gasteiger partial charge in [0.25, 0.3) is 0 Å². The normalized spacial score (nSPS) is 14.5. The van der Waals surface area contributed by atoms with Gasteiger partial charge in [-0.25, -0.2) is 0 Å². The summed E-state index contributed by atoms with van der Waals surface area (Å²) in [5.41, 5.74) is 9.96. The molecule has 1 aliphatic rings. The molecule has 5 nitrogen and oxygen atoms in total. The van der Waals surface area contributed by atoms with Gasteiger partial charge in [0.05, 0.1) is 18.2 Å². The molecule has 0 saturated carbocycles. The van der Waals surface area contributed by atoms with E-state index in [1.165, 1.54) is 12.0 Å². The van der Waals surface area contributed by atoms with E-state index in [-0.39, 0.29) is 36.2 Å². The molecule has 2 aromatic carbocycles. The Balaban J connectivity index is 0.00000320. The van der Waals surface area contributed by atoms with Crippen LogP contribution in [0.4, 0.5) is 5.69 Å². The second-order valence-corrected chi connectivity index (χ2v) is 7.84. The number of unbranched alkanes of at least 4 members (excludes halogenated alkanes) is 4. The molecule has 1 heterocycles. The predicted molar refractivity (Wildman–Crippen MR) is 123 cm³/mol. The number of carbonyl (C=O) groups is 1. The smallest absolute Gasteiger partial charge is 0.228 e. The van der Waals surface area contributed by atoms with Crippen LogP contribution in [-0.4, -0.2) is 17.6 Å². The van der Waals surface area contributed by atoms with Gasteiger partial charge in [-0.3, -0.25) is 4.79 Å². The molecule has 2 atom stereocenters. The zero-order chi connectivity index (χ0) is 20.6. The van der Waals surface area contributed by atoms with Crippen LogP contribution in [0.25, 0.3) is 0 Å². The third kappa shape index (κ3) is 6.46. The molecule has 0 saturated heterocycles. The lowest BCUT2D eigenvalue weighted by Gasteiger charge is -2.16. The molecule has 0 spiro atoms.